The molecule has 3 aromatic rings. The molecule has 0 bridgehead atoms. The van der Waals surface area contributed by atoms with Gasteiger partial charge in [0.1, 0.15) is 17.4 Å². The first kappa shape index (κ1) is 25.6. The zero-order valence-corrected chi connectivity index (χ0v) is 23.1. The van der Waals surface area contributed by atoms with Crippen LogP contribution in [-0.4, -0.2) is 38.1 Å². The molecule has 37 heavy (non-hydrogen) atoms. The number of fused-ring (bicyclic) bond motifs is 2. The van der Waals surface area contributed by atoms with Gasteiger partial charge in [-0.05, 0) is 62.0 Å². The fourth-order valence-electron chi connectivity index (χ4n) is 4.32. The van der Waals surface area contributed by atoms with E-state index in [4.69, 9.17) is 33.3 Å². The van der Waals surface area contributed by atoms with Gasteiger partial charge in [0.2, 0.25) is 5.17 Å². The van der Waals surface area contributed by atoms with E-state index in [-0.39, 0.29) is 17.3 Å². The summed E-state index contributed by atoms with van der Waals surface area (Å²) < 4.78 is 8.09. The summed E-state index contributed by atoms with van der Waals surface area (Å²) in [5.74, 6) is 0.351. The number of nitrogens with zero attached hydrogens (tertiary/aromatic N) is 4. The van der Waals surface area contributed by atoms with Crippen molar-refractivity contribution in [2.75, 3.05) is 6.61 Å². The number of ether oxygens (including phenoxy) is 1. The van der Waals surface area contributed by atoms with E-state index in [0.717, 1.165) is 32.8 Å². The number of hydrogen-bond donors (Lipinski definition) is 1. The van der Waals surface area contributed by atoms with Crippen molar-refractivity contribution in [1.82, 2.24) is 9.58 Å². The van der Waals surface area contributed by atoms with Crippen LogP contribution in [0.5, 0.6) is 5.75 Å². The summed E-state index contributed by atoms with van der Waals surface area (Å²) in [5.41, 5.74) is 4.15. The lowest BCUT2D eigenvalue weighted by Crippen LogP contribution is -2.35. The molecule has 3 heterocycles. The lowest BCUT2D eigenvalue weighted by Gasteiger charge is -2.20. The van der Waals surface area contributed by atoms with Crippen LogP contribution in [0.25, 0.3) is 17.0 Å². The van der Waals surface area contributed by atoms with Gasteiger partial charge >= 0.3 is 0 Å². The number of aryl methyl sites for hydroxylation is 1. The van der Waals surface area contributed by atoms with Gasteiger partial charge in [0, 0.05) is 33.1 Å². The molecule has 2 aliphatic rings. The van der Waals surface area contributed by atoms with Crippen LogP contribution < -0.4 is 4.74 Å². The van der Waals surface area contributed by atoms with Crippen LogP contribution in [0.1, 0.15) is 30.7 Å². The molecule has 1 amide bonds. The maximum Gasteiger partial charge on any atom is 0.283 e. The third-order valence-electron chi connectivity index (χ3n) is 6.25. The van der Waals surface area contributed by atoms with Crippen LogP contribution >= 0.6 is 35.0 Å². The van der Waals surface area contributed by atoms with Gasteiger partial charge < -0.3 is 9.30 Å². The van der Waals surface area contributed by atoms with Crippen molar-refractivity contribution in [3.05, 3.63) is 68.8 Å². The average molecular weight is 555 g/mol. The van der Waals surface area contributed by atoms with Crippen molar-refractivity contribution in [2.24, 2.45) is 16.0 Å². The van der Waals surface area contributed by atoms with E-state index in [1.54, 1.807) is 24.3 Å². The predicted octanol–water partition coefficient (Wildman–Crippen LogP) is 6.92. The Bertz CT molecular complexity index is 1550. The number of benzene rings is 2. The number of amidine groups is 2. The van der Waals surface area contributed by atoms with E-state index in [1.807, 2.05) is 27.7 Å². The number of nitrogens with one attached hydrogen (secondary N) is 1. The summed E-state index contributed by atoms with van der Waals surface area (Å²) >= 11 is 13.6. The fourth-order valence-corrected chi connectivity index (χ4v) is 5.67. The number of carbonyl (C=O) groups is 1. The monoisotopic (exact) mass is 553 g/mol. The minimum atomic E-state index is -0.433. The molecule has 2 aliphatic heterocycles. The van der Waals surface area contributed by atoms with Gasteiger partial charge in [-0.1, -0.05) is 48.7 Å². The summed E-state index contributed by atoms with van der Waals surface area (Å²) in [6.07, 6.45) is 1.77. The quantitative estimate of drug-likeness (QED) is 0.336. The third kappa shape index (κ3) is 4.81. The molecule has 0 aliphatic carbocycles. The van der Waals surface area contributed by atoms with Crippen molar-refractivity contribution < 1.29 is 9.53 Å². The SMILES string of the molecule is Cc1ccc2c(c1)c(/C=C1\C(=N)N3N=C(C(C)C)SC3=NC1=O)c(C)n2CCOc1ccc(Cl)cc1Cl. The van der Waals surface area contributed by atoms with Crippen LogP contribution in [0.15, 0.2) is 52.1 Å². The number of carbonyl (C=O) groups excluding carboxylic acids is 1. The van der Waals surface area contributed by atoms with Crippen LogP contribution in [0.3, 0.4) is 0 Å². The van der Waals surface area contributed by atoms with Crippen molar-refractivity contribution >= 4 is 73.9 Å². The average Bonchev–Trinajstić information content (AvgIpc) is 3.37. The first-order valence-electron chi connectivity index (χ1n) is 11.8. The van der Waals surface area contributed by atoms with Crippen LogP contribution in [-0.2, 0) is 11.3 Å². The standard InChI is InChI=1S/C27H25Cl2N5O2S/c1-14(2)26-32-34-24(30)20(25(35)31-27(34)37-26)13-18-16(4)33(22-7-5-15(3)11-19(18)22)9-10-36-23-8-6-17(28)12-21(23)29/h5-8,11-14,30H,9-10H2,1-4H3/b20-13+,30-24?. The summed E-state index contributed by atoms with van der Waals surface area (Å²) in [4.78, 5) is 17.2. The summed E-state index contributed by atoms with van der Waals surface area (Å²) in [5, 5.41) is 18.0. The van der Waals surface area contributed by atoms with Gasteiger partial charge in [-0.25, -0.2) is 0 Å². The van der Waals surface area contributed by atoms with E-state index < -0.39 is 5.91 Å². The molecular formula is C27H25Cl2N5O2S. The van der Waals surface area contributed by atoms with Gasteiger partial charge in [0.05, 0.1) is 17.1 Å². The van der Waals surface area contributed by atoms with Crippen molar-refractivity contribution in [1.29, 1.82) is 5.41 Å². The first-order chi connectivity index (χ1) is 17.6. The summed E-state index contributed by atoms with van der Waals surface area (Å²) in [6, 6.07) is 11.4. The second kappa shape index (κ2) is 10.0. The zero-order chi connectivity index (χ0) is 26.4. The normalized spacial score (nSPS) is 16.6. The van der Waals surface area contributed by atoms with Gasteiger partial charge in [0.15, 0.2) is 5.84 Å². The molecule has 0 unspecified atom stereocenters. The molecule has 0 saturated carbocycles. The van der Waals surface area contributed by atoms with E-state index in [9.17, 15) is 4.79 Å². The molecule has 0 fully saturated rings. The Hall–Kier alpha value is -3.07. The predicted molar refractivity (Wildman–Crippen MR) is 153 cm³/mol. The van der Waals surface area contributed by atoms with E-state index in [1.165, 1.54) is 16.8 Å². The van der Waals surface area contributed by atoms with Crippen molar-refractivity contribution in [3.63, 3.8) is 0 Å². The Morgan fingerprint density at radius 2 is 1.95 bits per heavy atom. The van der Waals surface area contributed by atoms with Crippen LogP contribution in [0.2, 0.25) is 10.0 Å². The number of aromatic nitrogens is 1. The maximum absolute atomic E-state index is 13.0. The van der Waals surface area contributed by atoms with Gasteiger partial charge in [-0.2, -0.15) is 15.1 Å². The number of halogens is 2. The molecule has 1 N–H and O–H groups in total. The highest BCUT2D eigenvalue weighted by Gasteiger charge is 2.36. The van der Waals surface area contributed by atoms with E-state index in [2.05, 4.69) is 32.9 Å². The molecule has 1 aromatic heterocycles. The molecule has 0 saturated heterocycles. The van der Waals surface area contributed by atoms with Crippen LogP contribution in [0.4, 0.5) is 0 Å². The number of hydrazone groups is 1. The van der Waals surface area contributed by atoms with Crippen molar-refractivity contribution in [2.45, 2.75) is 34.2 Å². The Balaban J connectivity index is 1.50. The first-order valence-corrected chi connectivity index (χ1v) is 13.4. The highest BCUT2D eigenvalue weighted by molar-refractivity contribution is 8.27. The fraction of sp³-hybridized carbons (Fsp3) is 0.259. The minimum Gasteiger partial charge on any atom is -0.490 e. The lowest BCUT2D eigenvalue weighted by molar-refractivity contribution is -0.114. The number of hydrogen-bond acceptors (Lipinski definition) is 5. The lowest BCUT2D eigenvalue weighted by atomic mass is 10.0. The highest BCUT2D eigenvalue weighted by atomic mass is 35.5. The molecule has 10 heteroatoms. The molecule has 0 spiro atoms. The van der Waals surface area contributed by atoms with Gasteiger partial charge in [-0.3, -0.25) is 10.2 Å². The molecule has 0 atom stereocenters. The topological polar surface area (TPSA) is 83.0 Å². The number of rotatable bonds is 6. The van der Waals surface area contributed by atoms with Gasteiger partial charge in [0.25, 0.3) is 5.91 Å². The number of thioether (sulfide) groups is 1. The molecule has 7 nitrogen and oxygen atoms in total. The molecular weight excluding hydrogens is 529 g/mol. The smallest absolute Gasteiger partial charge is 0.283 e. The van der Waals surface area contributed by atoms with E-state index in [0.29, 0.717) is 34.1 Å². The third-order valence-corrected chi connectivity index (χ3v) is 7.99. The Labute approximate surface area is 229 Å². The summed E-state index contributed by atoms with van der Waals surface area (Å²) in [6.45, 7) is 9.03. The molecule has 0 radical (unpaired) electrons. The minimum absolute atomic E-state index is 0.0341. The second-order valence-corrected chi connectivity index (χ2v) is 11.0. The summed E-state index contributed by atoms with van der Waals surface area (Å²) in [7, 11) is 0. The Morgan fingerprint density at radius 3 is 2.68 bits per heavy atom. The van der Waals surface area contributed by atoms with E-state index >= 15 is 0 Å². The zero-order valence-electron chi connectivity index (χ0n) is 20.8. The molecule has 2 aromatic carbocycles. The number of amides is 1. The largest absolute Gasteiger partial charge is 0.490 e. The van der Waals surface area contributed by atoms with Gasteiger partial charge in [-0.15, -0.1) is 0 Å². The molecule has 5 rings (SSSR count). The highest BCUT2D eigenvalue weighted by Crippen LogP contribution is 2.34. The van der Waals surface area contributed by atoms with Crippen molar-refractivity contribution in [3.8, 4) is 5.75 Å². The Morgan fingerprint density at radius 1 is 1.16 bits per heavy atom. The maximum atomic E-state index is 13.0. The second-order valence-electron chi connectivity index (χ2n) is 9.21. The van der Waals surface area contributed by atoms with Crippen LogP contribution in [0, 0.1) is 25.2 Å². The molecule has 190 valence electrons. The number of aliphatic imine (C=N–C) groups is 1. The Kier molecular flexibility index (Phi) is 6.91.